The van der Waals surface area contributed by atoms with Crippen LogP contribution in [0.4, 0.5) is 4.39 Å². The number of nitrogens with two attached hydrogens (primary N) is 1. The molecule has 0 fully saturated rings. The van der Waals surface area contributed by atoms with Gasteiger partial charge in [0.2, 0.25) is 17.7 Å². The minimum Gasteiger partial charge on any atom is -0.411 e. The van der Waals surface area contributed by atoms with E-state index >= 15 is 0 Å². The Bertz CT molecular complexity index is 644. The molecule has 1 heterocycles. The van der Waals surface area contributed by atoms with Crippen molar-refractivity contribution in [2.24, 2.45) is 5.73 Å². The predicted molar refractivity (Wildman–Crippen MR) is 72.6 cm³/mol. The van der Waals surface area contributed by atoms with Gasteiger partial charge in [-0.05, 0) is 24.3 Å². The van der Waals surface area contributed by atoms with Crippen molar-refractivity contribution in [2.75, 3.05) is 12.3 Å². The van der Waals surface area contributed by atoms with Crippen molar-refractivity contribution in [3.05, 3.63) is 30.1 Å². The number of nitrogens with one attached hydrogen (secondary N) is 1. The Morgan fingerprint density at radius 2 is 2.00 bits per heavy atom. The van der Waals surface area contributed by atoms with Gasteiger partial charge in [-0.25, -0.2) is 4.39 Å². The second kappa shape index (κ2) is 6.84. The molecule has 2 amide bonds. The van der Waals surface area contributed by atoms with Gasteiger partial charge in [-0.2, -0.15) is 0 Å². The highest BCUT2D eigenvalue weighted by Crippen LogP contribution is 2.23. The van der Waals surface area contributed by atoms with Gasteiger partial charge < -0.3 is 15.5 Å². The molecule has 0 saturated carbocycles. The summed E-state index contributed by atoms with van der Waals surface area (Å²) in [6.45, 7) is -0.218. The lowest BCUT2D eigenvalue weighted by atomic mass is 10.2. The van der Waals surface area contributed by atoms with E-state index in [4.69, 9.17) is 10.2 Å². The Hall–Kier alpha value is -2.42. The molecule has 1 aromatic heterocycles. The third kappa shape index (κ3) is 4.56. The van der Waals surface area contributed by atoms with Gasteiger partial charge in [0.1, 0.15) is 5.82 Å². The van der Waals surface area contributed by atoms with Gasteiger partial charge >= 0.3 is 0 Å². The van der Waals surface area contributed by atoms with E-state index < -0.39 is 5.91 Å². The first-order chi connectivity index (χ1) is 10.0. The van der Waals surface area contributed by atoms with Crippen LogP contribution in [0.25, 0.3) is 11.5 Å². The van der Waals surface area contributed by atoms with Gasteiger partial charge in [-0.1, -0.05) is 11.8 Å². The van der Waals surface area contributed by atoms with Crippen molar-refractivity contribution in [3.63, 3.8) is 0 Å². The van der Waals surface area contributed by atoms with Crippen LogP contribution in [0.2, 0.25) is 0 Å². The van der Waals surface area contributed by atoms with Crippen LogP contribution in [0.1, 0.15) is 0 Å². The molecule has 0 unspecified atom stereocenters. The van der Waals surface area contributed by atoms with Gasteiger partial charge in [0.05, 0.1) is 12.3 Å². The van der Waals surface area contributed by atoms with Crippen molar-refractivity contribution in [1.29, 1.82) is 0 Å². The number of amides is 2. The molecule has 0 atom stereocenters. The van der Waals surface area contributed by atoms with E-state index in [1.54, 1.807) is 0 Å². The lowest BCUT2D eigenvalue weighted by Crippen LogP contribution is -2.34. The number of hydrogen-bond acceptors (Lipinski definition) is 6. The number of aromatic nitrogens is 2. The van der Waals surface area contributed by atoms with Gasteiger partial charge in [-0.15, -0.1) is 10.2 Å². The van der Waals surface area contributed by atoms with E-state index in [1.807, 2.05) is 0 Å². The maximum atomic E-state index is 12.8. The van der Waals surface area contributed by atoms with Crippen molar-refractivity contribution in [3.8, 4) is 11.5 Å². The monoisotopic (exact) mass is 310 g/mol. The maximum Gasteiger partial charge on any atom is 0.277 e. The second-order valence-corrected chi connectivity index (χ2v) is 4.84. The number of halogens is 1. The number of nitrogens with zero attached hydrogens (tertiary/aromatic N) is 2. The van der Waals surface area contributed by atoms with E-state index in [-0.39, 0.29) is 35.1 Å². The minimum absolute atomic E-state index is 0.0122. The first kappa shape index (κ1) is 15.0. The van der Waals surface area contributed by atoms with Crippen molar-refractivity contribution in [2.45, 2.75) is 5.22 Å². The average molecular weight is 310 g/mol. The number of carbonyl (C=O) groups excluding carboxylic acids is 2. The number of primary amides is 1. The third-order valence-corrected chi connectivity index (χ3v) is 3.10. The van der Waals surface area contributed by atoms with Crippen LogP contribution in [0.15, 0.2) is 33.9 Å². The highest BCUT2D eigenvalue weighted by molar-refractivity contribution is 7.99. The summed E-state index contributed by atoms with van der Waals surface area (Å²) in [7, 11) is 0. The molecule has 2 aromatic rings. The van der Waals surface area contributed by atoms with E-state index in [1.165, 1.54) is 24.3 Å². The highest BCUT2D eigenvalue weighted by atomic mass is 32.2. The number of rotatable bonds is 6. The Kier molecular flexibility index (Phi) is 4.88. The number of carbonyl (C=O) groups is 2. The Morgan fingerprint density at radius 1 is 1.29 bits per heavy atom. The van der Waals surface area contributed by atoms with Crippen molar-refractivity contribution >= 4 is 23.6 Å². The lowest BCUT2D eigenvalue weighted by Gasteiger charge is -1.99. The fraction of sp³-hybridized carbons (Fsp3) is 0.167. The van der Waals surface area contributed by atoms with E-state index in [0.29, 0.717) is 5.56 Å². The van der Waals surface area contributed by atoms with Crippen molar-refractivity contribution < 1.29 is 18.4 Å². The Morgan fingerprint density at radius 3 is 2.67 bits per heavy atom. The van der Waals surface area contributed by atoms with Crippen LogP contribution in [0.5, 0.6) is 0 Å². The van der Waals surface area contributed by atoms with Gasteiger partial charge in [-0.3, -0.25) is 9.59 Å². The zero-order valence-corrected chi connectivity index (χ0v) is 11.5. The minimum atomic E-state index is -0.621. The molecule has 1 aromatic carbocycles. The molecule has 110 valence electrons. The summed E-state index contributed by atoms with van der Waals surface area (Å²) in [5.74, 6) is -1.11. The van der Waals surface area contributed by atoms with E-state index in [0.717, 1.165) is 11.8 Å². The molecule has 0 aliphatic heterocycles. The first-order valence-corrected chi connectivity index (χ1v) is 6.80. The normalized spacial score (nSPS) is 10.3. The van der Waals surface area contributed by atoms with Crippen LogP contribution in [-0.2, 0) is 9.59 Å². The summed E-state index contributed by atoms with van der Waals surface area (Å²) >= 11 is 1.02. The first-order valence-electron chi connectivity index (χ1n) is 5.82. The van der Waals surface area contributed by atoms with E-state index in [9.17, 15) is 14.0 Å². The number of benzene rings is 1. The summed E-state index contributed by atoms with van der Waals surface area (Å²) in [6.07, 6.45) is 0. The smallest absolute Gasteiger partial charge is 0.277 e. The molecule has 3 N–H and O–H groups in total. The molecule has 2 rings (SSSR count). The average Bonchev–Trinajstić information content (AvgIpc) is 2.92. The fourth-order valence-electron chi connectivity index (χ4n) is 1.34. The van der Waals surface area contributed by atoms with E-state index in [2.05, 4.69) is 15.5 Å². The maximum absolute atomic E-state index is 12.8. The Labute approximate surface area is 123 Å². The SMILES string of the molecule is NC(=O)CNC(=O)CSc1nnc(-c2ccc(F)cc2)o1. The molecule has 0 bridgehead atoms. The van der Waals surface area contributed by atoms with Crippen LogP contribution >= 0.6 is 11.8 Å². The van der Waals surface area contributed by atoms with Crippen LogP contribution in [0.3, 0.4) is 0 Å². The van der Waals surface area contributed by atoms with Crippen LogP contribution < -0.4 is 11.1 Å². The highest BCUT2D eigenvalue weighted by Gasteiger charge is 2.11. The molecule has 0 aliphatic rings. The lowest BCUT2D eigenvalue weighted by molar-refractivity contribution is -0.123. The van der Waals surface area contributed by atoms with Gasteiger partial charge in [0.15, 0.2) is 0 Å². The van der Waals surface area contributed by atoms with Crippen molar-refractivity contribution in [1.82, 2.24) is 15.5 Å². The summed E-state index contributed by atoms with van der Waals surface area (Å²) in [6, 6.07) is 5.58. The largest absolute Gasteiger partial charge is 0.411 e. The second-order valence-electron chi connectivity index (χ2n) is 3.91. The van der Waals surface area contributed by atoms with Crippen LogP contribution in [-0.4, -0.2) is 34.3 Å². The predicted octanol–water partition coefficient (Wildman–Crippen LogP) is 0.569. The zero-order valence-electron chi connectivity index (χ0n) is 10.7. The molecule has 0 radical (unpaired) electrons. The van der Waals surface area contributed by atoms with Crippen LogP contribution in [0, 0.1) is 5.82 Å². The number of thioether (sulfide) groups is 1. The molecular weight excluding hydrogens is 299 g/mol. The third-order valence-electron chi connectivity index (χ3n) is 2.28. The molecule has 21 heavy (non-hydrogen) atoms. The molecule has 7 nitrogen and oxygen atoms in total. The standard InChI is InChI=1S/C12H11FN4O3S/c13-8-3-1-7(2-4-8)11-16-17-12(20-11)21-6-10(19)15-5-9(14)18/h1-4H,5-6H2,(H2,14,18)(H,15,19). The fourth-order valence-corrected chi connectivity index (χ4v) is 1.93. The molecule has 0 spiro atoms. The topological polar surface area (TPSA) is 111 Å². The molecule has 9 heteroatoms. The molecule has 0 saturated heterocycles. The summed E-state index contributed by atoms with van der Waals surface area (Å²) in [4.78, 5) is 21.9. The van der Waals surface area contributed by atoms with Gasteiger partial charge in [0, 0.05) is 5.56 Å². The molecular formula is C12H11FN4O3S. The summed E-state index contributed by atoms with van der Waals surface area (Å²) < 4.78 is 18.1. The molecule has 0 aliphatic carbocycles. The summed E-state index contributed by atoms with van der Waals surface area (Å²) in [5.41, 5.74) is 5.48. The van der Waals surface area contributed by atoms with Gasteiger partial charge in [0.25, 0.3) is 5.22 Å². The number of hydrogen-bond donors (Lipinski definition) is 2. The zero-order chi connectivity index (χ0) is 15.2. The Balaban J connectivity index is 1.90. The quantitative estimate of drug-likeness (QED) is 0.755. The summed E-state index contributed by atoms with van der Waals surface area (Å²) in [5, 5.41) is 10.1.